The molecule has 0 saturated carbocycles. The number of amidine groups is 1. The summed E-state index contributed by atoms with van der Waals surface area (Å²) in [6.07, 6.45) is 1.14. The number of aliphatic hydroxyl groups is 1. The number of carboxylic acids is 1. The number of carboxylic acid groups (broad SMARTS) is 1. The van der Waals surface area contributed by atoms with Crippen molar-refractivity contribution in [3.63, 3.8) is 0 Å². The van der Waals surface area contributed by atoms with E-state index in [0.29, 0.717) is 73.7 Å². The predicted octanol–water partition coefficient (Wildman–Crippen LogP) is 4.55. The Morgan fingerprint density at radius 2 is 1.78 bits per heavy atom. The molecule has 0 spiro atoms. The Hall–Kier alpha value is -3.64. The van der Waals surface area contributed by atoms with Crippen molar-refractivity contribution in [2.24, 2.45) is 0 Å². The molecular formula is C33H45BrN4O7. The number of carbonyl (C=O) groups is 3. The van der Waals surface area contributed by atoms with Crippen molar-refractivity contribution in [2.75, 3.05) is 44.8 Å². The molecule has 2 aliphatic heterocycles. The van der Waals surface area contributed by atoms with Crippen molar-refractivity contribution < 1.29 is 34.1 Å². The molecule has 2 heterocycles. The van der Waals surface area contributed by atoms with E-state index >= 15 is 0 Å². The first-order chi connectivity index (χ1) is 20.8. The fourth-order valence-electron chi connectivity index (χ4n) is 5.64. The van der Waals surface area contributed by atoms with Crippen LogP contribution in [-0.2, 0) is 16.8 Å². The van der Waals surface area contributed by atoms with Gasteiger partial charge in [0.15, 0.2) is 5.78 Å². The third-order valence-electron chi connectivity index (χ3n) is 8.03. The van der Waals surface area contributed by atoms with Gasteiger partial charge >= 0.3 is 5.97 Å². The van der Waals surface area contributed by atoms with Gasteiger partial charge in [0.2, 0.25) is 0 Å². The van der Waals surface area contributed by atoms with Gasteiger partial charge in [0.05, 0.1) is 37.1 Å². The molecule has 12 heteroatoms. The number of halogens is 1. The van der Waals surface area contributed by atoms with Gasteiger partial charge in [-0.15, -0.1) is 17.0 Å². The number of benzene rings is 2. The molecule has 45 heavy (non-hydrogen) atoms. The highest BCUT2D eigenvalue weighted by molar-refractivity contribution is 8.93. The Bertz CT molecular complexity index is 1430. The average Bonchev–Trinajstić information content (AvgIpc) is 3.27. The molecule has 0 aliphatic carbocycles. The number of amides is 1. The molecule has 4 rings (SSSR count). The molecule has 0 atom stereocenters. The van der Waals surface area contributed by atoms with Crippen LogP contribution >= 0.6 is 17.0 Å². The number of rotatable bonds is 12. The molecule has 2 aromatic carbocycles. The molecule has 0 aromatic heterocycles. The first-order valence-corrected chi connectivity index (χ1v) is 15.2. The van der Waals surface area contributed by atoms with E-state index < -0.39 is 11.4 Å². The molecule has 11 nitrogen and oxygen atoms in total. The molecular weight excluding hydrogens is 644 g/mol. The maximum absolute atomic E-state index is 13.9. The second-order valence-electron chi connectivity index (χ2n) is 12.3. The van der Waals surface area contributed by atoms with Gasteiger partial charge < -0.3 is 34.8 Å². The van der Waals surface area contributed by atoms with Crippen molar-refractivity contribution in [3.8, 4) is 11.5 Å². The lowest BCUT2D eigenvalue weighted by Gasteiger charge is -2.35. The lowest BCUT2D eigenvalue weighted by molar-refractivity contribution is -0.137. The Morgan fingerprint density at radius 3 is 2.38 bits per heavy atom. The fraction of sp³-hybridized carbons (Fsp3) is 0.515. The quantitative estimate of drug-likeness (QED) is 0.186. The molecule has 4 N–H and O–H groups in total. The standard InChI is InChI=1S/C33H44N4O7.BrH/c1-6-43-28-16-21-18-37(31(34)23(21)17-24(28)32(42)35-5)19-27(39)20-14-25(33(2,3)4)30(44-13-7-8-29(40)41)26(15-20)36-11-9-22(38)10-12-36;/h14-17,22,34,38H,6-13,18-19H2,1-5H3,(H,35,42)(H,40,41);1H. The Balaban J connectivity index is 0.00000552. The molecule has 2 aromatic rings. The van der Waals surface area contributed by atoms with Crippen LogP contribution in [0.25, 0.3) is 0 Å². The van der Waals surface area contributed by atoms with Gasteiger partial charge in [-0.05, 0) is 61.4 Å². The number of anilines is 1. The lowest BCUT2D eigenvalue weighted by Crippen LogP contribution is -2.36. The van der Waals surface area contributed by atoms with Gasteiger partial charge in [-0.1, -0.05) is 20.8 Å². The van der Waals surface area contributed by atoms with Crippen molar-refractivity contribution >= 4 is 46.2 Å². The fourth-order valence-corrected chi connectivity index (χ4v) is 5.64. The number of aliphatic hydroxyl groups excluding tert-OH is 1. The van der Waals surface area contributed by atoms with Gasteiger partial charge in [0, 0.05) is 49.8 Å². The van der Waals surface area contributed by atoms with E-state index in [1.165, 1.54) is 0 Å². The van der Waals surface area contributed by atoms with Crippen LogP contribution in [0.3, 0.4) is 0 Å². The van der Waals surface area contributed by atoms with Crippen molar-refractivity contribution in [2.45, 2.75) is 71.4 Å². The maximum atomic E-state index is 13.9. The third-order valence-corrected chi connectivity index (χ3v) is 8.03. The normalized spacial score (nSPS) is 14.9. The van der Waals surface area contributed by atoms with E-state index in [1.807, 2.05) is 39.8 Å². The minimum atomic E-state index is -0.885. The molecule has 1 fully saturated rings. The number of Topliss-reactive ketones (excluding diaryl/α,β-unsaturated/α-hetero) is 1. The topological polar surface area (TPSA) is 152 Å². The first-order valence-electron chi connectivity index (χ1n) is 15.2. The largest absolute Gasteiger partial charge is 0.493 e. The van der Waals surface area contributed by atoms with E-state index in [0.717, 1.165) is 16.8 Å². The van der Waals surface area contributed by atoms with Crippen molar-refractivity contribution in [3.05, 3.63) is 52.1 Å². The van der Waals surface area contributed by atoms with Gasteiger partial charge in [0.1, 0.15) is 17.3 Å². The van der Waals surface area contributed by atoms with Gasteiger partial charge in [0.25, 0.3) is 5.91 Å². The van der Waals surface area contributed by atoms with Crippen LogP contribution in [0.4, 0.5) is 5.69 Å². The van der Waals surface area contributed by atoms with Crippen molar-refractivity contribution in [1.29, 1.82) is 5.41 Å². The lowest BCUT2D eigenvalue weighted by atomic mass is 9.84. The predicted molar refractivity (Wildman–Crippen MR) is 178 cm³/mol. The molecule has 246 valence electrons. The number of nitrogens with one attached hydrogen (secondary N) is 2. The number of ether oxygens (including phenoxy) is 2. The zero-order valence-electron chi connectivity index (χ0n) is 26.7. The van der Waals surface area contributed by atoms with Crippen LogP contribution in [0.2, 0.25) is 0 Å². The maximum Gasteiger partial charge on any atom is 0.303 e. The number of hydrogen-bond acceptors (Lipinski definition) is 8. The Labute approximate surface area is 275 Å². The zero-order chi connectivity index (χ0) is 32.2. The summed E-state index contributed by atoms with van der Waals surface area (Å²) in [4.78, 5) is 41.3. The third kappa shape index (κ3) is 8.35. The summed E-state index contributed by atoms with van der Waals surface area (Å²) < 4.78 is 12.0. The highest BCUT2D eigenvalue weighted by atomic mass is 79.9. The number of nitrogens with zero attached hydrogens (tertiary/aromatic N) is 2. The van der Waals surface area contributed by atoms with E-state index in [4.69, 9.17) is 20.0 Å². The number of fused-ring (bicyclic) bond motifs is 1. The average molecular weight is 690 g/mol. The molecule has 0 bridgehead atoms. The summed E-state index contributed by atoms with van der Waals surface area (Å²) >= 11 is 0. The second-order valence-corrected chi connectivity index (χ2v) is 12.3. The Kier molecular flexibility index (Phi) is 12.0. The first kappa shape index (κ1) is 35.8. The summed E-state index contributed by atoms with van der Waals surface area (Å²) in [5, 5.41) is 30.7. The monoisotopic (exact) mass is 688 g/mol. The van der Waals surface area contributed by atoms with Crippen molar-refractivity contribution in [1.82, 2.24) is 10.2 Å². The highest BCUT2D eigenvalue weighted by Crippen LogP contribution is 2.42. The number of carbonyl (C=O) groups excluding carboxylic acids is 2. The number of piperidine rings is 1. The Morgan fingerprint density at radius 1 is 1.09 bits per heavy atom. The van der Waals surface area contributed by atoms with Crippen LogP contribution in [0, 0.1) is 5.41 Å². The van der Waals surface area contributed by atoms with Crippen LogP contribution in [0.5, 0.6) is 11.5 Å². The number of aliphatic carboxylic acids is 1. The van der Waals surface area contributed by atoms with Crippen LogP contribution in [0.1, 0.15) is 90.8 Å². The van der Waals surface area contributed by atoms with Crippen LogP contribution in [-0.4, -0.2) is 84.6 Å². The minimum Gasteiger partial charge on any atom is -0.493 e. The zero-order valence-corrected chi connectivity index (χ0v) is 28.4. The van der Waals surface area contributed by atoms with E-state index in [1.54, 1.807) is 24.1 Å². The van der Waals surface area contributed by atoms with Crippen LogP contribution in [0.15, 0.2) is 24.3 Å². The second kappa shape index (κ2) is 15.1. The molecule has 0 radical (unpaired) electrons. The SMILES string of the molecule is Br.CCOc1cc2c(cc1C(=O)NC)C(=N)N(CC(=O)c1cc(N3CCC(O)CC3)c(OCCCC(=O)O)c(C(C)(C)C)c1)C2. The summed E-state index contributed by atoms with van der Waals surface area (Å²) in [7, 11) is 1.54. The van der Waals surface area contributed by atoms with E-state index in [-0.39, 0.29) is 60.2 Å². The summed E-state index contributed by atoms with van der Waals surface area (Å²) in [6, 6.07) is 7.11. The smallest absolute Gasteiger partial charge is 0.303 e. The summed E-state index contributed by atoms with van der Waals surface area (Å²) in [6.45, 7) is 10.0. The molecule has 0 unspecified atom stereocenters. The minimum absolute atomic E-state index is 0. The van der Waals surface area contributed by atoms with Gasteiger partial charge in [-0.2, -0.15) is 0 Å². The number of hydrogen-bond donors (Lipinski definition) is 4. The molecule has 1 saturated heterocycles. The van der Waals surface area contributed by atoms with E-state index in [9.17, 15) is 19.5 Å². The van der Waals surface area contributed by atoms with Gasteiger partial charge in [-0.3, -0.25) is 19.8 Å². The molecule has 1 amide bonds. The summed E-state index contributed by atoms with van der Waals surface area (Å²) in [5.74, 6) is -0.124. The van der Waals surface area contributed by atoms with E-state index in [2.05, 4.69) is 10.2 Å². The highest BCUT2D eigenvalue weighted by Gasteiger charge is 2.32. The molecule has 2 aliphatic rings. The van der Waals surface area contributed by atoms with Gasteiger partial charge in [-0.25, -0.2) is 0 Å². The van der Waals surface area contributed by atoms with Crippen LogP contribution < -0.4 is 19.7 Å². The summed E-state index contributed by atoms with van der Waals surface area (Å²) in [5.41, 5.74) is 3.41. The number of ketones is 1.